The van der Waals surface area contributed by atoms with Crippen LogP contribution in [0.25, 0.3) is 0 Å². The highest BCUT2D eigenvalue weighted by Gasteiger charge is 2.07. The lowest BCUT2D eigenvalue weighted by Gasteiger charge is -2.16. The first-order valence-corrected chi connectivity index (χ1v) is 5.78. The highest BCUT2D eigenvalue weighted by Crippen LogP contribution is 2.15. The Labute approximate surface area is 97.8 Å². The lowest BCUT2D eigenvalue weighted by molar-refractivity contribution is 0.638. The highest BCUT2D eigenvalue weighted by molar-refractivity contribution is 14.1. The van der Waals surface area contributed by atoms with Crippen molar-refractivity contribution in [3.05, 3.63) is 16.1 Å². The van der Waals surface area contributed by atoms with E-state index in [0.717, 1.165) is 22.2 Å². The molecule has 1 heterocycles. The topological polar surface area (TPSA) is 63.8 Å². The third-order valence-corrected chi connectivity index (χ3v) is 2.81. The number of nitrogens with zero attached hydrogens (tertiary/aromatic N) is 2. The van der Waals surface area contributed by atoms with E-state index in [1.54, 1.807) is 12.5 Å². The fraction of sp³-hybridized carbons (Fsp3) is 0.556. The van der Waals surface area contributed by atoms with Crippen molar-refractivity contribution < 1.29 is 0 Å². The van der Waals surface area contributed by atoms with Gasteiger partial charge in [-0.3, -0.25) is 0 Å². The van der Waals surface area contributed by atoms with Crippen LogP contribution in [0, 0.1) is 3.57 Å². The molecule has 0 aliphatic rings. The molecule has 0 radical (unpaired) electrons. The van der Waals surface area contributed by atoms with Crippen molar-refractivity contribution in [1.29, 1.82) is 0 Å². The predicted molar refractivity (Wildman–Crippen MR) is 66.1 cm³/mol. The second-order valence-electron chi connectivity index (χ2n) is 3.05. The summed E-state index contributed by atoms with van der Waals surface area (Å²) < 4.78 is 1.04. The normalized spacial score (nSPS) is 12.5. The number of hydrogen-bond donors (Lipinski definition) is 2. The summed E-state index contributed by atoms with van der Waals surface area (Å²) in [6.07, 6.45) is 5.37. The fourth-order valence-corrected chi connectivity index (χ4v) is 1.65. The van der Waals surface area contributed by atoms with Crippen LogP contribution >= 0.6 is 22.6 Å². The van der Waals surface area contributed by atoms with Crippen molar-refractivity contribution >= 4 is 28.4 Å². The van der Waals surface area contributed by atoms with Crippen LogP contribution in [0.3, 0.4) is 0 Å². The van der Waals surface area contributed by atoms with Gasteiger partial charge in [0.1, 0.15) is 12.1 Å². The maximum Gasteiger partial charge on any atom is 0.143 e. The second kappa shape index (κ2) is 6.13. The van der Waals surface area contributed by atoms with E-state index in [1.807, 2.05) is 0 Å². The van der Waals surface area contributed by atoms with Gasteiger partial charge in [-0.2, -0.15) is 0 Å². The van der Waals surface area contributed by atoms with Gasteiger partial charge < -0.3 is 11.1 Å². The summed E-state index contributed by atoms with van der Waals surface area (Å²) in [5.41, 5.74) is 5.52. The molecule has 0 bridgehead atoms. The Bertz CT molecular complexity index is 279. The molecule has 0 amide bonds. The molecular weight excluding hydrogens is 291 g/mol. The van der Waals surface area contributed by atoms with E-state index < -0.39 is 0 Å². The van der Waals surface area contributed by atoms with Crippen molar-refractivity contribution in [3.63, 3.8) is 0 Å². The minimum Gasteiger partial charge on any atom is -0.366 e. The van der Waals surface area contributed by atoms with Gasteiger partial charge in [0.2, 0.25) is 0 Å². The zero-order valence-electron chi connectivity index (χ0n) is 8.20. The number of nitrogens with one attached hydrogen (secondary N) is 1. The zero-order valence-corrected chi connectivity index (χ0v) is 10.4. The Balaban J connectivity index is 2.62. The average molecular weight is 306 g/mol. The molecule has 0 saturated carbocycles. The molecule has 1 aromatic heterocycles. The van der Waals surface area contributed by atoms with E-state index in [4.69, 9.17) is 5.73 Å². The minimum absolute atomic E-state index is 0.406. The summed E-state index contributed by atoms with van der Waals surface area (Å²) in [5.74, 6) is 0.904. The predicted octanol–water partition coefficient (Wildman–Crippen LogP) is 1.62. The Kier molecular flexibility index (Phi) is 5.10. The standard InChI is InChI=1S/C9H15IN4/c1-2-7(3-4-11)14-9-8(10)5-12-6-13-9/h5-7H,2-4,11H2,1H3,(H,12,13,14). The Morgan fingerprint density at radius 3 is 3.00 bits per heavy atom. The van der Waals surface area contributed by atoms with Crippen LogP contribution in [0.2, 0.25) is 0 Å². The van der Waals surface area contributed by atoms with E-state index in [-0.39, 0.29) is 0 Å². The van der Waals surface area contributed by atoms with Crippen molar-refractivity contribution in [1.82, 2.24) is 9.97 Å². The smallest absolute Gasteiger partial charge is 0.143 e. The quantitative estimate of drug-likeness (QED) is 0.812. The molecule has 3 N–H and O–H groups in total. The number of nitrogens with two attached hydrogens (primary N) is 1. The molecule has 5 heteroatoms. The van der Waals surface area contributed by atoms with Gasteiger partial charge >= 0.3 is 0 Å². The summed E-state index contributed by atoms with van der Waals surface area (Å²) in [7, 11) is 0. The number of halogens is 1. The van der Waals surface area contributed by atoms with Crippen LogP contribution in [0.15, 0.2) is 12.5 Å². The minimum atomic E-state index is 0.406. The molecule has 14 heavy (non-hydrogen) atoms. The zero-order chi connectivity index (χ0) is 10.4. The van der Waals surface area contributed by atoms with Gasteiger partial charge in [0.25, 0.3) is 0 Å². The monoisotopic (exact) mass is 306 g/mol. The van der Waals surface area contributed by atoms with E-state index in [2.05, 4.69) is 44.8 Å². The van der Waals surface area contributed by atoms with Gasteiger partial charge in [-0.25, -0.2) is 9.97 Å². The van der Waals surface area contributed by atoms with Crippen LogP contribution < -0.4 is 11.1 Å². The van der Waals surface area contributed by atoms with Crippen molar-refractivity contribution in [2.24, 2.45) is 5.73 Å². The summed E-state index contributed by atoms with van der Waals surface area (Å²) >= 11 is 2.22. The number of aromatic nitrogens is 2. The number of anilines is 1. The van der Waals surface area contributed by atoms with Crippen molar-refractivity contribution in [2.45, 2.75) is 25.8 Å². The summed E-state index contributed by atoms with van der Waals surface area (Å²) in [6, 6.07) is 0.406. The molecule has 1 rings (SSSR count). The molecular formula is C9H15IN4. The van der Waals surface area contributed by atoms with E-state index in [0.29, 0.717) is 12.6 Å². The molecule has 0 spiro atoms. The maximum atomic E-state index is 5.52. The van der Waals surface area contributed by atoms with Crippen LogP contribution in [-0.2, 0) is 0 Å². The lowest BCUT2D eigenvalue weighted by Crippen LogP contribution is -2.23. The van der Waals surface area contributed by atoms with Crippen molar-refractivity contribution in [3.8, 4) is 0 Å². The van der Waals surface area contributed by atoms with Crippen molar-refractivity contribution in [2.75, 3.05) is 11.9 Å². The second-order valence-corrected chi connectivity index (χ2v) is 4.21. The summed E-state index contributed by atoms with van der Waals surface area (Å²) in [6.45, 7) is 2.84. The average Bonchev–Trinajstić information content (AvgIpc) is 2.20. The third kappa shape index (κ3) is 3.38. The van der Waals surface area contributed by atoms with Crippen LogP contribution in [0.4, 0.5) is 5.82 Å². The first kappa shape index (κ1) is 11.6. The number of rotatable bonds is 5. The third-order valence-electron chi connectivity index (χ3n) is 2.02. The molecule has 0 aliphatic heterocycles. The molecule has 4 nitrogen and oxygen atoms in total. The van der Waals surface area contributed by atoms with Crippen LogP contribution in [-0.4, -0.2) is 22.6 Å². The lowest BCUT2D eigenvalue weighted by atomic mass is 10.1. The molecule has 1 atom stereocenters. The summed E-state index contributed by atoms with van der Waals surface area (Å²) in [4.78, 5) is 8.12. The molecule has 0 saturated heterocycles. The Hall–Kier alpha value is -0.430. The largest absolute Gasteiger partial charge is 0.366 e. The fourth-order valence-electron chi connectivity index (χ4n) is 1.19. The highest BCUT2D eigenvalue weighted by atomic mass is 127. The molecule has 0 aliphatic carbocycles. The summed E-state index contributed by atoms with van der Waals surface area (Å²) in [5, 5.41) is 3.36. The van der Waals surface area contributed by atoms with Gasteiger partial charge in [0, 0.05) is 12.2 Å². The molecule has 1 aromatic rings. The maximum absolute atomic E-state index is 5.52. The van der Waals surface area contributed by atoms with Gasteiger partial charge in [0.05, 0.1) is 3.57 Å². The van der Waals surface area contributed by atoms with Gasteiger partial charge in [-0.15, -0.1) is 0 Å². The van der Waals surface area contributed by atoms with Crippen LogP contribution in [0.1, 0.15) is 19.8 Å². The SMILES string of the molecule is CCC(CCN)Nc1ncncc1I. The van der Waals surface area contributed by atoms with E-state index in [1.165, 1.54) is 0 Å². The molecule has 0 fully saturated rings. The molecule has 0 aromatic carbocycles. The first-order valence-electron chi connectivity index (χ1n) is 4.70. The van der Waals surface area contributed by atoms with Gasteiger partial charge in [-0.1, -0.05) is 6.92 Å². The van der Waals surface area contributed by atoms with E-state index >= 15 is 0 Å². The Morgan fingerprint density at radius 2 is 2.43 bits per heavy atom. The van der Waals surface area contributed by atoms with Crippen LogP contribution in [0.5, 0.6) is 0 Å². The first-order chi connectivity index (χ1) is 6.77. The molecule has 78 valence electrons. The van der Waals surface area contributed by atoms with Gasteiger partial charge in [-0.05, 0) is 42.0 Å². The Morgan fingerprint density at radius 1 is 1.64 bits per heavy atom. The number of hydrogen-bond acceptors (Lipinski definition) is 4. The molecule has 1 unspecified atom stereocenters. The van der Waals surface area contributed by atoms with E-state index in [9.17, 15) is 0 Å². The van der Waals surface area contributed by atoms with Gasteiger partial charge in [0.15, 0.2) is 0 Å².